The molecule has 1 aliphatic rings. The van der Waals surface area contributed by atoms with Crippen LogP contribution < -0.4 is 10.2 Å². The summed E-state index contributed by atoms with van der Waals surface area (Å²) in [5.74, 6) is -0.336. The minimum absolute atomic E-state index is 0.105. The maximum atomic E-state index is 12.3. The molecule has 0 spiro atoms. The number of Topliss-reactive ketones (excluding diaryl/α,β-unsaturated/α-hetero) is 1. The van der Waals surface area contributed by atoms with Crippen LogP contribution in [0.25, 0.3) is 10.2 Å². The van der Waals surface area contributed by atoms with Crippen LogP contribution in [0.2, 0.25) is 0 Å². The van der Waals surface area contributed by atoms with Gasteiger partial charge in [0.05, 0.1) is 23.4 Å². The summed E-state index contributed by atoms with van der Waals surface area (Å²) in [4.78, 5) is 30.4. The van der Waals surface area contributed by atoms with Crippen LogP contribution in [0.1, 0.15) is 28.0 Å². The molecule has 0 unspecified atom stereocenters. The van der Waals surface area contributed by atoms with Crippen molar-refractivity contribution >= 4 is 44.1 Å². The Kier molecular flexibility index (Phi) is 4.44. The summed E-state index contributed by atoms with van der Waals surface area (Å²) >= 11 is 1.59. The molecule has 0 aliphatic carbocycles. The number of furan rings is 1. The first-order valence-corrected chi connectivity index (χ1v) is 9.07. The number of ether oxygens (including phenoxy) is 1. The highest BCUT2D eigenvalue weighted by Gasteiger charge is 2.17. The van der Waals surface area contributed by atoms with E-state index in [2.05, 4.69) is 15.2 Å². The molecule has 1 N–H and O–H groups in total. The Morgan fingerprint density at radius 1 is 1.15 bits per heavy atom. The summed E-state index contributed by atoms with van der Waals surface area (Å²) in [7, 11) is 0. The van der Waals surface area contributed by atoms with Crippen molar-refractivity contribution in [1.82, 2.24) is 4.98 Å². The molecule has 26 heavy (non-hydrogen) atoms. The van der Waals surface area contributed by atoms with Crippen molar-refractivity contribution < 1.29 is 18.7 Å². The predicted molar refractivity (Wildman–Crippen MR) is 99.3 cm³/mol. The van der Waals surface area contributed by atoms with Gasteiger partial charge >= 0.3 is 0 Å². The van der Waals surface area contributed by atoms with Gasteiger partial charge in [0.25, 0.3) is 5.91 Å². The minimum Gasteiger partial charge on any atom is -0.448 e. The second-order valence-corrected chi connectivity index (χ2v) is 6.96. The first-order chi connectivity index (χ1) is 12.6. The molecule has 0 atom stereocenters. The van der Waals surface area contributed by atoms with Crippen molar-refractivity contribution in [3.8, 4) is 0 Å². The van der Waals surface area contributed by atoms with Crippen LogP contribution in [-0.4, -0.2) is 43.0 Å². The van der Waals surface area contributed by atoms with Crippen molar-refractivity contribution in [3.05, 3.63) is 41.9 Å². The second-order valence-electron chi connectivity index (χ2n) is 5.95. The van der Waals surface area contributed by atoms with E-state index >= 15 is 0 Å². The van der Waals surface area contributed by atoms with Crippen molar-refractivity contribution in [3.63, 3.8) is 0 Å². The molecule has 1 saturated heterocycles. The monoisotopic (exact) mass is 371 g/mol. The normalized spacial score (nSPS) is 14.6. The lowest BCUT2D eigenvalue weighted by Gasteiger charge is -2.25. The van der Waals surface area contributed by atoms with Crippen molar-refractivity contribution in [1.29, 1.82) is 0 Å². The van der Waals surface area contributed by atoms with Gasteiger partial charge in [0.1, 0.15) is 0 Å². The molecule has 4 rings (SSSR count). The highest BCUT2D eigenvalue weighted by Crippen LogP contribution is 2.31. The van der Waals surface area contributed by atoms with Crippen molar-refractivity contribution in [2.45, 2.75) is 6.92 Å². The summed E-state index contributed by atoms with van der Waals surface area (Å²) in [6.45, 7) is 4.48. The number of thiazole rings is 1. The number of hydrogen-bond donors (Lipinski definition) is 1. The Morgan fingerprint density at radius 3 is 2.65 bits per heavy atom. The zero-order valence-corrected chi connectivity index (χ0v) is 15.0. The van der Waals surface area contributed by atoms with Crippen molar-refractivity contribution in [2.75, 3.05) is 36.5 Å². The fourth-order valence-electron chi connectivity index (χ4n) is 2.72. The van der Waals surface area contributed by atoms with E-state index < -0.39 is 5.91 Å². The van der Waals surface area contributed by atoms with Gasteiger partial charge in [-0.1, -0.05) is 11.3 Å². The number of carbonyl (C=O) groups excluding carboxylic acids is 2. The van der Waals surface area contributed by atoms with E-state index in [-0.39, 0.29) is 17.3 Å². The fraction of sp³-hybridized carbons (Fsp3) is 0.278. The molecule has 2 aromatic heterocycles. The van der Waals surface area contributed by atoms with Crippen molar-refractivity contribution in [2.24, 2.45) is 0 Å². The summed E-state index contributed by atoms with van der Waals surface area (Å²) < 4.78 is 11.6. The Balaban J connectivity index is 1.52. The van der Waals surface area contributed by atoms with Gasteiger partial charge in [0.15, 0.2) is 22.4 Å². The maximum Gasteiger partial charge on any atom is 0.291 e. The zero-order valence-electron chi connectivity index (χ0n) is 14.2. The molecule has 8 heteroatoms. The number of amides is 1. The molecular weight excluding hydrogens is 354 g/mol. The van der Waals surface area contributed by atoms with E-state index in [0.29, 0.717) is 18.9 Å². The third-order valence-electron chi connectivity index (χ3n) is 4.09. The van der Waals surface area contributed by atoms with Gasteiger partial charge in [-0.05, 0) is 30.3 Å². The van der Waals surface area contributed by atoms with Crippen LogP contribution in [0, 0.1) is 0 Å². The highest BCUT2D eigenvalue weighted by molar-refractivity contribution is 7.22. The second kappa shape index (κ2) is 6.89. The largest absolute Gasteiger partial charge is 0.448 e. The zero-order chi connectivity index (χ0) is 18.1. The third kappa shape index (κ3) is 3.33. The van der Waals surface area contributed by atoms with E-state index in [1.54, 1.807) is 17.4 Å². The Labute approximate surface area is 153 Å². The molecule has 1 aliphatic heterocycles. The summed E-state index contributed by atoms with van der Waals surface area (Å²) in [5.41, 5.74) is 1.55. The van der Waals surface area contributed by atoms with E-state index in [1.165, 1.54) is 19.1 Å². The number of nitrogens with one attached hydrogen (secondary N) is 1. The lowest BCUT2D eigenvalue weighted by Crippen LogP contribution is -2.36. The SMILES string of the molecule is CC(=O)c1ccc(C(=O)Nc2ccc3nc(N4CCOCC4)sc3c2)o1. The third-order valence-corrected chi connectivity index (χ3v) is 5.17. The minimum atomic E-state index is -0.394. The Bertz CT molecular complexity index is 972. The lowest BCUT2D eigenvalue weighted by atomic mass is 10.3. The van der Waals surface area contributed by atoms with Gasteiger partial charge in [-0.3, -0.25) is 9.59 Å². The average molecular weight is 371 g/mol. The van der Waals surface area contributed by atoms with Crippen LogP contribution in [0.15, 0.2) is 34.7 Å². The molecule has 0 saturated carbocycles. The number of rotatable bonds is 4. The molecule has 1 fully saturated rings. The quantitative estimate of drug-likeness (QED) is 0.709. The van der Waals surface area contributed by atoms with Crippen LogP contribution >= 0.6 is 11.3 Å². The van der Waals surface area contributed by atoms with E-state index in [1.807, 2.05) is 12.1 Å². The molecule has 1 aromatic carbocycles. The van der Waals surface area contributed by atoms with Crippen LogP contribution in [-0.2, 0) is 4.74 Å². The molecule has 0 bridgehead atoms. The molecule has 134 valence electrons. The van der Waals surface area contributed by atoms with E-state index in [9.17, 15) is 9.59 Å². The molecule has 0 radical (unpaired) electrons. The molecule has 7 nitrogen and oxygen atoms in total. The predicted octanol–water partition coefficient (Wildman–Crippen LogP) is 3.18. The number of morpholine rings is 1. The van der Waals surface area contributed by atoms with E-state index in [4.69, 9.17) is 9.15 Å². The van der Waals surface area contributed by atoms with E-state index in [0.717, 1.165) is 28.4 Å². The molecule has 1 amide bonds. The lowest BCUT2D eigenvalue weighted by molar-refractivity contribution is 0.0969. The number of fused-ring (bicyclic) bond motifs is 1. The maximum absolute atomic E-state index is 12.3. The number of benzene rings is 1. The topological polar surface area (TPSA) is 84.7 Å². The number of nitrogens with zero attached hydrogens (tertiary/aromatic N) is 2. The van der Waals surface area contributed by atoms with Gasteiger partial charge < -0.3 is 19.4 Å². The van der Waals surface area contributed by atoms with Crippen LogP contribution in [0.5, 0.6) is 0 Å². The van der Waals surface area contributed by atoms with Crippen LogP contribution in [0.4, 0.5) is 10.8 Å². The summed E-state index contributed by atoms with van der Waals surface area (Å²) in [6.07, 6.45) is 0. The highest BCUT2D eigenvalue weighted by atomic mass is 32.1. The van der Waals surface area contributed by atoms with Gasteiger partial charge in [-0.2, -0.15) is 0 Å². The first-order valence-electron chi connectivity index (χ1n) is 8.25. The standard InChI is InChI=1S/C18H17N3O4S/c1-11(22)14-4-5-15(25-14)17(23)19-12-2-3-13-16(10-12)26-18(20-13)21-6-8-24-9-7-21/h2-5,10H,6-9H2,1H3,(H,19,23). The number of anilines is 2. The van der Waals surface area contributed by atoms with Gasteiger partial charge in [-0.15, -0.1) is 0 Å². The Morgan fingerprint density at radius 2 is 1.92 bits per heavy atom. The van der Waals surface area contributed by atoms with Crippen LogP contribution in [0.3, 0.4) is 0 Å². The van der Waals surface area contributed by atoms with Gasteiger partial charge in [0, 0.05) is 25.7 Å². The van der Waals surface area contributed by atoms with Gasteiger partial charge in [-0.25, -0.2) is 4.98 Å². The number of carbonyl (C=O) groups is 2. The first kappa shape index (κ1) is 16.7. The number of aromatic nitrogens is 1. The number of hydrogen-bond acceptors (Lipinski definition) is 7. The smallest absolute Gasteiger partial charge is 0.291 e. The summed E-state index contributed by atoms with van der Waals surface area (Å²) in [5, 5.41) is 3.75. The Hall–Kier alpha value is -2.71. The fourth-order valence-corrected chi connectivity index (χ4v) is 3.78. The molecule has 3 heterocycles. The number of ketones is 1. The molecular formula is C18H17N3O4S. The van der Waals surface area contributed by atoms with Gasteiger partial charge in [0.2, 0.25) is 0 Å². The summed E-state index contributed by atoms with van der Waals surface area (Å²) in [6, 6.07) is 8.57. The molecule has 3 aromatic rings. The average Bonchev–Trinajstić information content (AvgIpc) is 3.29.